The first-order chi connectivity index (χ1) is 14.2. The topological polar surface area (TPSA) is 78.9 Å². The monoisotopic (exact) mass is 414 g/mol. The Morgan fingerprint density at radius 1 is 1.00 bits per heavy atom. The average molecular weight is 414 g/mol. The minimum atomic E-state index is -0.391. The second-order valence-electron chi connectivity index (χ2n) is 9.33. The number of ether oxygens (including phenoxy) is 3. The molecular formula is C24H30O6. The Labute approximate surface area is 177 Å². The third-order valence-electron chi connectivity index (χ3n) is 7.48. The molecule has 0 heterocycles. The molecule has 0 radical (unpaired) electrons. The smallest absolute Gasteiger partial charge is 0.308 e. The molecule has 0 amide bonds. The van der Waals surface area contributed by atoms with Crippen LogP contribution in [-0.4, -0.2) is 30.1 Å². The van der Waals surface area contributed by atoms with E-state index in [1.165, 1.54) is 31.9 Å². The average Bonchev–Trinajstić information content (AvgIpc) is 2.92. The highest BCUT2D eigenvalue weighted by atomic mass is 16.6. The predicted octanol–water partition coefficient (Wildman–Crippen LogP) is 3.94. The summed E-state index contributed by atoms with van der Waals surface area (Å²) in [5.74, 6) is 0.839. The van der Waals surface area contributed by atoms with E-state index in [2.05, 4.69) is 13.0 Å². The maximum atomic E-state index is 11.8. The van der Waals surface area contributed by atoms with E-state index >= 15 is 0 Å². The van der Waals surface area contributed by atoms with Crippen molar-refractivity contribution in [2.24, 2.45) is 17.3 Å². The lowest BCUT2D eigenvalue weighted by Crippen LogP contribution is -2.46. The van der Waals surface area contributed by atoms with Gasteiger partial charge in [-0.3, -0.25) is 14.4 Å². The first-order valence-electron chi connectivity index (χ1n) is 10.8. The molecule has 2 saturated carbocycles. The van der Waals surface area contributed by atoms with Crippen molar-refractivity contribution in [3.8, 4) is 5.75 Å². The van der Waals surface area contributed by atoms with Crippen molar-refractivity contribution in [1.82, 2.24) is 0 Å². The number of fused-ring (bicyclic) bond motifs is 5. The van der Waals surface area contributed by atoms with Crippen molar-refractivity contribution < 1.29 is 28.6 Å². The largest absolute Gasteiger partial charge is 0.459 e. The van der Waals surface area contributed by atoms with Crippen LogP contribution in [0, 0.1) is 17.3 Å². The van der Waals surface area contributed by atoms with Gasteiger partial charge in [-0.15, -0.1) is 0 Å². The van der Waals surface area contributed by atoms with Crippen molar-refractivity contribution in [3.05, 3.63) is 29.3 Å². The molecule has 0 aliphatic heterocycles. The van der Waals surface area contributed by atoms with Gasteiger partial charge in [-0.1, -0.05) is 13.0 Å². The Kier molecular flexibility index (Phi) is 5.37. The van der Waals surface area contributed by atoms with E-state index in [1.54, 1.807) is 0 Å². The zero-order valence-electron chi connectivity index (χ0n) is 18.1. The zero-order valence-corrected chi connectivity index (χ0v) is 18.1. The fraction of sp³-hybridized carbons (Fsp3) is 0.625. The third kappa shape index (κ3) is 3.61. The quantitative estimate of drug-likeness (QED) is 0.551. The van der Waals surface area contributed by atoms with Gasteiger partial charge in [0.2, 0.25) is 0 Å². The van der Waals surface area contributed by atoms with Crippen LogP contribution in [0.3, 0.4) is 0 Å². The summed E-state index contributed by atoms with van der Waals surface area (Å²) in [6.45, 7) is 6.45. The molecule has 4 rings (SSSR count). The van der Waals surface area contributed by atoms with E-state index in [0.29, 0.717) is 23.5 Å². The number of esters is 3. The summed E-state index contributed by atoms with van der Waals surface area (Å²) in [7, 11) is 0. The first-order valence-corrected chi connectivity index (χ1v) is 10.8. The molecule has 3 aliphatic rings. The molecule has 6 atom stereocenters. The Bertz CT molecular complexity index is 876. The van der Waals surface area contributed by atoms with Crippen LogP contribution in [0.4, 0.5) is 0 Å². The SMILES string of the molecule is CC(=O)Oc1ccc2c(c1)CC[C@H]1[C@@H]2CC[C@]2(C)[C@@H]1C[C@@H](OC(C)=O)[C@@H]2OC(C)=O. The van der Waals surface area contributed by atoms with E-state index in [0.717, 1.165) is 32.1 Å². The molecule has 0 saturated heterocycles. The summed E-state index contributed by atoms with van der Waals surface area (Å²) in [5, 5.41) is 0. The van der Waals surface area contributed by atoms with Crippen molar-refractivity contribution in [2.45, 2.75) is 77.9 Å². The van der Waals surface area contributed by atoms with Gasteiger partial charge in [-0.05, 0) is 73.1 Å². The summed E-state index contributed by atoms with van der Waals surface area (Å²) < 4.78 is 16.6. The number of carbonyl (C=O) groups is 3. The van der Waals surface area contributed by atoms with Gasteiger partial charge in [0.05, 0.1) is 0 Å². The summed E-state index contributed by atoms with van der Waals surface area (Å²) in [6.07, 6.45) is 3.83. The minimum absolute atomic E-state index is 0.192. The number of aryl methyl sites for hydroxylation is 1. The molecule has 3 aliphatic carbocycles. The summed E-state index contributed by atoms with van der Waals surface area (Å²) in [4.78, 5) is 34.8. The first kappa shape index (κ1) is 20.9. The van der Waals surface area contributed by atoms with Crippen molar-refractivity contribution in [2.75, 3.05) is 0 Å². The van der Waals surface area contributed by atoms with Crippen LogP contribution in [0.15, 0.2) is 18.2 Å². The summed E-state index contributed by atoms with van der Waals surface area (Å²) in [5.41, 5.74) is 2.40. The van der Waals surface area contributed by atoms with Gasteiger partial charge < -0.3 is 14.2 Å². The standard InChI is InChI=1S/C24H30O6/c1-13(25)28-17-6-8-18-16(11-17)5-7-20-19(18)9-10-24(4)21(20)12-22(29-14(2)26)23(24)30-15(3)27/h6,8,11,19-23H,5,7,9-10,12H2,1-4H3/t19-,20+,21-,22-,23+,24-/m1/s1. The third-order valence-corrected chi connectivity index (χ3v) is 7.48. The van der Waals surface area contributed by atoms with Gasteiger partial charge in [0.1, 0.15) is 18.0 Å². The fourth-order valence-corrected chi connectivity index (χ4v) is 6.44. The molecular weight excluding hydrogens is 384 g/mol. The van der Waals surface area contributed by atoms with Crippen LogP contribution in [0.5, 0.6) is 5.75 Å². The van der Waals surface area contributed by atoms with Gasteiger partial charge in [-0.25, -0.2) is 0 Å². The minimum Gasteiger partial charge on any atom is -0.459 e. The van der Waals surface area contributed by atoms with Crippen LogP contribution >= 0.6 is 0 Å². The van der Waals surface area contributed by atoms with E-state index in [4.69, 9.17) is 14.2 Å². The number of hydrogen-bond donors (Lipinski definition) is 0. The number of rotatable bonds is 3. The van der Waals surface area contributed by atoms with Crippen LogP contribution in [0.1, 0.15) is 70.4 Å². The van der Waals surface area contributed by atoms with Gasteiger partial charge in [0.25, 0.3) is 0 Å². The lowest BCUT2D eigenvalue weighted by molar-refractivity contribution is -0.171. The van der Waals surface area contributed by atoms with Crippen LogP contribution < -0.4 is 4.74 Å². The highest BCUT2D eigenvalue weighted by Crippen LogP contribution is 2.62. The second-order valence-corrected chi connectivity index (χ2v) is 9.33. The Morgan fingerprint density at radius 3 is 2.40 bits per heavy atom. The van der Waals surface area contributed by atoms with Crippen molar-refractivity contribution >= 4 is 17.9 Å². The normalized spacial score (nSPS) is 34.2. The predicted molar refractivity (Wildman–Crippen MR) is 109 cm³/mol. The maximum Gasteiger partial charge on any atom is 0.308 e. The van der Waals surface area contributed by atoms with Crippen molar-refractivity contribution in [3.63, 3.8) is 0 Å². The molecule has 0 bridgehead atoms. The fourth-order valence-electron chi connectivity index (χ4n) is 6.44. The maximum absolute atomic E-state index is 11.8. The zero-order chi connectivity index (χ0) is 21.6. The van der Waals surface area contributed by atoms with Crippen LogP contribution in [-0.2, 0) is 30.3 Å². The molecule has 0 unspecified atom stereocenters. The van der Waals surface area contributed by atoms with Crippen LogP contribution in [0.25, 0.3) is 0 Å². The number of carbonyl (C=O) groups excluding carboxylic acids is 3. The molecule has 2 fully saturated rings. The van der Waals surface area contributed by atoms with Gasteiger partial charge >= 0.3 is 17.9 Å². The number of benzene rings is 1. The molecule has 1 aromatic carbocycles. The Hall–Kier alpha value is -2.37. The molecule has 0 aromatic heterocycles. The van der Waals surface area contributed by atoms with E-state index in [9.17, 15) is 14.4 Å². The molecule has 1 aromatic rings. The second kappa shape index (κ2) is 7.71. The lowest BCUT2D eigenvalue weighted by atomic mass is 9.55. The van der Waals surface area contributed by atoms with Crippen molar-refractivity contribution in [1.29, 1.82) is 0 Å². The van der Waals surface area contributed by atoms with E-state index in [1.807, 2.05) is 12.1 Å². The molecule has 0 spiro atoms. The van der Waals surface area contributed by atoms with Gasteiger partial charge in [-0.2, -0.15) is 0 Å². The van der Waals surface area contributed by atoms with E-state index in [-0.39, 0.29) is 29.4 Å². The van der Waals surface area contributed by atoms with Gasteiger partial charge in [0, 0.05) is 26.2 Å². The molecule has 30 heavy (non-hydrogen) atoms. The molecule has 6 nitrogen and oxygen atoms in total. The highest BCUT2D eigenvalue weighted by Gasteiger charge is 2.61. The summed E-state index contributed by atoms with van der Waals surface area (Å²) >= 11 is 0. The Balaban J connectivity index is 1.62. The van der Waals surface area contributed by atoms with Gasteiger partial charge in [0.15, 0.2) is 0 Å². The Morgan fingerprint density at radius 2 is 1.73 bits per heavy atom. The summed E-state index contributed by atoms with van der Waals surface area (Å²) in [6, 6.07) is 5.99. The molecule has 6 heteroatoms. The molecule has 162 valence electrons. The van der Waals surface area contributed by atoms with E-state index < -0.39 is 6.10 Å². The number of hydrogen-bond acceptors (Lipinski definition) is 6. The lowest BCUT2D eigenvalue weighted by Gasteiger charge is -2.50. The highest BCUT2D eigenvalue weighted by molar-refractivity contribution is 5.69. The van der Waals surface area contributed by atoms with Crippen LogP contribution in [0.2, 0.25) is 0 Å². The molecule has 0 N–H and O–H groups in total.